The molecule has 34 heavy (non-hydrogen) atoms. The summed E-state index contributed by atoms with van der Waals surface area (Å²) < 4.78 is 5.66. The highest BCUT2D eigenvalue weighted by atomic mass is 16.7. The average molecular weight is 465 g/mol. The van der Waals surface area contributed by atoms with Crippen LogP contribution < -0.4 is 5.32 Å². The normalized spacial score (nSPS) is 24.4. The van der Waals surface area contributed by atoms with E-state index in [4.69, 9.17) is 14.7 Å². The van der Waals surface area contributed by atoms with Gasteiger partial charge in [0.1, 0.15) is 6.61 Å². The van der Waals surface area contributed by atoms with Gasteiger partial charge in [-0.25, -0.2) is 14.7 Å². The molecule has 2 N–H and O–H groups in total. The van der Waals surface area contributed by atoms with E-state index in [9.17, 15) is 14.4 Å². The molecular weight excluding hydrogens is 436 g/mol. The Bertz CT molecular complexity index is 1070. The Balaban J connectivity index is 1.13. The molecule has 2 aromatic rings. The lowest BCUT2D eigenvalue weighted by atomic mass is 9.71. The van der Waals surface area contributed by atoms with Crippen molar-refractivity contribution in [2.24, 2.45) is 17.8 Å². The van der Waals surface area contributed by atoms with Crippen molar-refractivity contribution in [1.29, 1.82) is 0 Å². The first-order chi connectivity index (χ1) is 16.4. The SMILES string of the molecule is CN(OCC(=O)O)C(=O)C1CC2CC(NC(=O)OCC3c4ccccc4-c4ccccc43)C2C1. The zero-order valence-electron chi connectivity index (χ0n) is 19.0. The van der Waals surface area contributed by atoms with E-state index in [0.717, 1.165) is 17.9 Å². The topological polar surface area (TPSA) is 105 Å². The molecule has 2 fully saturated rings. The summed E-state index contributed by atoms with van der Waals surface area (Å²) in [4.78, 5) is 40.8. The first kappa shape index (κ1) is 22.4. The number of hydroxylamine groups is 2. The minimum atomic E-state index is -1.13. The van der Waals surface area contributed by atoms with Crippen LogP contribution in [0.25, 0.3) is 11.1 Å². The second kappa shape index (κ2) is 9.10. The van der Waals surface area contributed by atoms with Crippen LogP contribution in [0.2, 0.25) is 0 Å². The molecule has 5 rings (SSSR count). The summed E-state index contributed by atoms with van der Waals surface area (Å²) in [6.45, 7) is -0.277. The highest BCUT2D eigenvalue weighted by molar-refractivity contribution is 5.79. The molecule has 8 heteroatoms. The Morgan fingerprint density at radius 2 is 1.65 bits per heavy atom. The van der Waals surface area contributed by atoms with Crippen LogP contribution >= 0.6 is 0 Å². The number of fused-ring (bicyclic) bond motifs is 4. The number of hydrogen-bond acceptors (Lipinski definition) is 5. The standard InChI is InChI=1S/C26H28N2O6/c1-28(34-14-24(29)30)25(31)16-10-15-12-23(21(15)11-16)27-26(32)33-13-22-19-8-4-2-6-17(19)18-7-3-5-9-20(18)22/h2-9,15-16,21-23H,10-14H2,1H3,(H,27,32)(H,29,30). The van der Waals surface area contributed by atoms with Gasteiger partial charge in [-0.2, -0.15) is 0 Å². The van der Waals surface area contributed by atoms with Gasteiger partial charge in [-0.15, -0.1) is 0 Å². The van der Waals surface area contributed by atoms with Crippen molar-refractivity contribution >= 4 is 18.0 Å². The molecule has 2 amide bonds. The number of carboxylic acid groups (broad SMARTS) is 1. The number of carbonyl (C=O) groups is 3. The van der Waals surface area contributed by atoms with Crippen LogP contribution in [0.3, 0.4) is 0 Å². The molecule has 0 saturated heterocycles. The first-order valence-electron chi connectivity index (χ1n) is 11.7. The van der Waals surface area contributed by atoms with E-state index in [2.05, 4.69) is 29.6 Å². The third kappa shape index (κ3) is 4.14. The average Bonchev–Trinajstić information content (AvgIpc) is 3.34. The maximum atomic E-state index is 12.6. The van der Waals surface area contributed by atoms with E-state index in [-0.39, 0.29) is 36.3 Å². The largest absolute Gasteiger partial charge is 0.479 e. The highest BCUT2D eigenvalue weighted by Gasteiger charge is 2.50. The van der Waals surface area contributed by atoms with Crippen LogP contribution in [0, 0.1) is 17.8 Å². The number of amides is 2. The highest BCUT2D eigenvalue weighted by Crippen LogP contribution is 2.50. The lowest BCUT2D eigenvalue weighted by Crippen LogP contribution is -2.50. The maximum absolute atomic E-state index is 12.6. The molecule has 0 spiro atoms. The molecule has 0 bridgehead atoms. The van der Waals surface area contributed by atoms with E-state index in [1.54, 1.807) is 0 Å². The van der Waals surface area contributed by atoms with E-state index in [1.165, 1.54) is 29.3 Å². The molecule has 0 radical (unpaired) electrons. The van der Waals surface area contributed by atoms with E-state index < -0.39 is 18.7 Å². The fourth-order valence-electron chi connectivity index (χ4n) is 5.86. The second-order valence-corrected chi connectivity index (χ2v) is 9.41. The van der Waals surface area contributed by atoms with Gasteiger partial charge in [-0.1, -0.05) is 48.5 Å². The third-order valence-corrected chi connectivity index (χ3v) is 7.51. The summed E-state index contributed by atoms with van der Waals surface area (Å²) in [5, 5.41) is 12.7. The lowest BCUT2D eigenvalue weighted by molar-refractivity contribution is -0.189. The van der Waals surface area contributed by atoms with E-state index in [0.29, 0.717) is 12.3 Å². The molecule has 0 heterocycles. The maximum Gasteiger partial charge on any atom is 0.407 e. The minimum absolute atomic E-state index is 0.0105. The number of nitrogens with one attached hydrogen (secondary N) is 1. The summed E-state index contributed by atoms with van der Waals surface area (Å²) in [5.41, 5.74) is 4.72. The van der Waals surface area contributed by atoms with Crippen LogP contribution in [-0.2, 0) is 19.2 Å². The van der Waals surface area contributed by atoms with Crippen molar-refractivity contribution in [2.75, 3.05) is 20.3 Å². The number of nitrogens with zero attached hydrogens (tertiary/aromatic N) is 1. The fourth-order valence-corrected chi connectivity index (χ4v) is 5.86. The predicted molar refractivity (Wildman–Crippen MR) is 123 cm³/mol. The number of hydrogen-bond donors (Lipinski definition) is 2. The van der Waals surface area contributed by atoms with Gasteiger partial charge in [0.25, 0.3) is 0 Å². The number of alkyl carbamates (subject to hydrolysis) is 1. The number of aliphatic carboxylic acids is 1. The van der Waals surface area contributed by atoms with Gasteiger partial charge in [-0.05, 0) is 53.4 Å². The Kier molecular flexibility index (Phi) is 6.00. The van der Waals surface area contributed by atoms with Crippen molar-refractivity contribution in [3.63, 3.8) is 0 Å². The molecule has 178 valence electrons. The molecule has 0 aromatic heterocycles. The smallest absolute Gasteiger partial charge is 0.407 e. The van der Waals surface area contributed by atoms with Gasteiger partial charge in [0.05, 0.1) is 0 Å². The van der Waals surface area contributed by atoms with Gasteiger partial charge in [0.15, 0.2) is 6.61 Å². The number of benzene rings is 2. The summed E-state index contributed by atoms with van der Waals surface area (Å²) >= 11 is 0. The molecule has 2 aromatic carbocycles. The summed E-state index contributed by atoms with van der Waals surface area (Å²) in [6, 6.07) is 16.4. The Labute approximate surface area is 197 Å². The van der Waals surface area contributed by atoms with Crippen LogP contribution in [0.4, 0.5) is 4.79 Å². The van der Waals surface area contributed by atoms with Crippen LogP contribution in [0.1, 0.15) is 36.3 Å². The zero-order chi connectivity index (χ0) is 23.8. The fraction of sp³-hybridized carbons (Fsp3) is 0.423. The van der Waals surface area contributed by atoms with Gasteiger partial charge in [0, 0.05) is 24.9 Å². The van der Waals surface area contributed by atoms with Gasteiger partial charge < -0.3 is 15.2 Å². The van der Waals surface area contributed by atoms with Crippen LogP contribution in [0.15, 0.2) is 48.5 Å². The van der Waals surface area contributed by atoms with Gasteiger partial charge in [0.2, 0.25) is 5.91 Å². The summed E-state index contributed by atoms with van der Waals surface area (Å²) in [6.07, 6.45) is 1.77. The van der Waals surface area contributed by atoms with Crippen molar-refractivity contribution < 1.29 is 29.1 Å². The number of carbonyl (C=O) groups excluding carboxylic acids is 2. The van der Waals surface area contributed by atoms with Crippen molar-refractivity contribution in [3.05, 3.63) is 59.7 Å². The Morgan fingerprint density at radius 3 is 2.29 bits per heavy atom. The lowest BCUT2D eigenvalue weighted by Gasteiger charge is -2.40. The molecular formula is C26H28N2O6. The summed E-state index contributed by atoms with van der Waals surface area (Å²) in [7, 11) is 1.44. The molecule has 2 saturated carbocycles. The molecule has 0 aliphatic heterocycles. The zero-order valence-corrected chi connectivity index (χ0v) is 19.0. The van der Waals surface area contributed by atoms with E-state index in [1.807, 2.05) is 24.3 Å². The van der Waals surface area contributed by atoms with E-state index >= 15 is 0 Å². The van der Waals surface area contributed by atoms with Crippen molar-refractivity contribution in [1.82, 2.24) is 10.4 Å². The quantitative estimate of drug-likeness (QED) is 0.609. The Hall–Kier alpha value is -3.39. The molecule has 3 aliphatic rings. The number of carboxylic acids is 1. The van der Waals surface area contributed by atoms with Crippen molar-refractivity contribution in [3.8, 4) is 11.1 Å². The number of rotatable bonds is 7. The first-order valence-corrected chi connectivity index (χ1v) is 11.7. The molecule has 3 aliphatic carbocycles. The number of ether oxygens (including phenoxy) is 1. The third-order valence-electron chi connectivity index (χ3n) is 7.51. The molecule has 8 nitrogen and oxygen atoms in total. The van der Waals surface area contributed by atoms with Crippen LogP contribution in [-0.4, -0.2) is 54.4 Å². The van der Waals surface area contributed by atoms with Crippen LogP contribution in [0.5, 0.6) is 0 Å². The monoisotopic (exact) mass is 464 g/mol. The predicted octanol–water partition coefficient (Wildman–Crippen LogP) is 3.41. The molecule has 4 atom stereocenters. The van der Waals surface area contributed by atoms with Gasteiger partial charge in [-0.3, -0.25) is 9.63 Å². The van der Waals surface area contributed by atoms with Crippen molar-refractivity contribution in [2.45, 2.75) is 31.2 Å². The molecule has 4 unspecified atom stereocenters. The Morgan fingerprint density at radius 1 is 1.00 bits per heavy atom. The second-order valence-electron chi connectivity index (χ2n) is 9.41. The summed E-state index contributed by atoms with van der Waals surface area (Å²) in [5.74, 6) is -0.942. The minimum Gasteiger partial charge on any atom is -0.479 e. The van der Waals surface area contributed by atoms with Gasteiger partial charge >= 0.3 is 12.1 Å².